The first kappa shape index (κ1) is 22.2. The Labute approximate surface area is 165 Å². The van der Waals surface area contributed by atoms with Gasteiger partial charge in [0.2, 0.25) is 0 Å². The van der Waals surface area contributed by atoms with Gasteiger partial charge in [0, 0.05) is 22.3 Å². The molecule has 6 nitrogen and oxygen atoms in total. The average Bonchev–Trinajstić information content (AvgIpc) is 2.72. The van der Waals surface area contributed by atoms with E-state index in [2.05, 4.69) is 0 Å². The highest BCUT2D eigenvalue weighted by atomic mass is 16.3. The summed E-state index contributed by atoms with van der Waals surface area (Å²) >= 11 is 0. The van der Waals surface area contributed by atoms with Gasteiger partial charge in [0.1, 0.15) is 11.5 Å². The van der Waals surface area contributed by atoms with Crippen molar-refractivity contribution < 1.29 is 30.6 Å². The summed E-state index contributed by atoms with van der Waals surface area (Å²) in [6.45, 7) is 2.76. The Balaban J connectivity index is 2.58. The maximum atomic E-state index is 10.1. The van der Waals surface area contributed by atoms with Gasteiger partial charge < -0.3 is 30.6 Å². The number of aromatic hydroxyl groups is 2. The maximum Gasteiger partial charge on any atom is 0.126 e. The summed E-state index contributed by atoms with van der Waals surface area (Å²) in [5.74, 6) is -0.148. The molecule has 6 heteroatoms. The van der Waals surface area contributed by atoms with E-state index in [9.17, 15) is 30.6 Å². The molecule has 0 aliphatic carbocycles. The van der Waals surface area contributed by atoms with Crippen LogP contribution in [0.3, 0.4) is 0 Å². The molecule has 2 rings (SSSR count). The lowest BCUT2D eigenvalue weighted by atomic mass is 9.76. The quantitative estimate of drug-likeness (QED) is 0.392. The molecule has 2 aromatic carbocycles. The molecule has 28 heavy (non-hydrogen) atoms. The number of aliphatic hydroxyl groups is 4. The first-order valence-electron chi connectivity index (χ1n) is 9.58. The van der Waals surface area contributed by atoms with E-state index >= 15 is 0 Å². The molecule has 0 bridgehead atoms. The van der Waals surface area contributed by atoms with E-state index in [1.807, 2.05) is 13.8 Å². The number of phenols is 2. The number of hydrogen-bond acceptors (Lipinski definition) is 6. The van der Waals surface area contributed by atoms with E-state index in [0.717, 1.165) is 24.0 Å². The zero-order valence-electron chi connectivity index (χ0n) is 16.4. The van der Waals surface area contributed by atoms with Crippen molar-refractivity contribution in [3.8, 4) is 11.5 Å². The molecule has 2 aromatic rings. The summed E-state index contributed by atoms with van der Waals surface area (Å²) in [5, 5.41) is 58.6. The molecule has 2 unspecified atom stereocenters. The molecular formula is C22H30O6. The fourth-order valence-electron chi connectivity index (χ4n) is 3.99. The van der Waals surface area contributed by atoms with E-state index in [4.69, 9.17) is 0 Å². The van der Waals surface area contributed by atoms with Crippen LogP contribution in [0.15, 0.2) is 24.3 Å². The lowest BCUT2D eigenvalue weighted by Crippen LogP contribution is -2.12. The van der Waals surface area contributed by atoms with Crippen molar-refractivity contribution in [1.82, 2.24) is 0 Å². The molecule has 0 saturated heterocycles. The van der Waals surface area contributed by atoms with Crippen molar-refractivity contribution in [1.29, 1.82) is 0 Å². The fourth-order valence-corrected chi connectivity index (χ4v) is 3.99. The largest absolute Gasteiger partial charge is 0.507 e. The molecule has 0 aromatic heterocycles. The van der Waals surface area contributed by atoms with Gasteiger partial charge >= 0.3 is 0 Å². The predicted octanol–water partition coefficient (Wildman–Crippen LogP) is 2.75. The summed E-state index contributed by atoms with van der Waals surface area (Å²) in [4.78, 5) is 0. The highest BCUT2D eigenvalue weighted by Crippen LogP contribution is 2.42. The van der Waals surface area contributed by atoms with Crippen LogP contribution in [0.25, 0.3) is 0 Å². The van der Waals surface area contributed by atoms with Gasteiger partial charge in [-0.3, -0.25) is 0 Å². The van der Waals surface area contributed by atoms with Gasteiger partial charge in [0.25, 0.3) is 0 Å². The standard InChI is InChI=1S/C22H30O6/c1-3-19(13-5-15(9-23)21(27)16(6-13)10-24)20(4-2)14-7-17(11-25)22(28)18(8-14)12-26/h5-8,19-20,23-28H,3-4,9-12H2,1-2H3. The molecule has 0 heterocycles. The highest BCUT2D eigenvalue weighted by molar-refractivity contribution is 5.47. The van der Waals surface area contributed by atoms with Crippen molar-refractivity contribution >= 4 is 0 Å². The van der Waals surface area contributed by atoms with Crippen LogP contribution in [0.4, 0.5) is 0 Å². The van der Waals surface area contributed by atoms with E-state index in [1.54, 1.807) is 24.3 Å². The number of rotatable bonds is 9. The summed E-state index contributed by atoms with van der Waals surface area (Å²) < 4.78 is 0. The van der Waals surface area contributed by atoms with Crippen LogP contribution in [-0.4, -0.2) is 30.6 Å². The van der Waals surface area contributed by atoms with Crippen LogP contribution in [0, 0.1) is 0 Å². The molecule has 0 fully saturated rings. The Morgan fingerprint density at radius 3 is 1.00 bits per heavy atom. The summed E-state index contributed by atoms with van der Waals surface area (Å²) in [6, 6.07) is 7.02. The molecule has 0 amide bonds. The molecule has 154 valence electrons. The molecular weight excluding hydrogens is 360 g/mol. The third-order valence-electron chi connectivity index (χ3n) is 5.48. The summed E-state index contributed by atoms with van der Waals surface area (Å²) in [6.07, 6.45) is 1.53. The van der Waals surface area contributed by atoms with Gasteiger partial charge in [-0.1, -0.05) is 13.8 Å². The van der Waals surface area contributed by atoms with E-state index < -0.39 is 0 Å². The van der Waals surface area contributed by atoms with E-state index in [1.165, 1.54) is 0 Å². The highest BCUT2D eigenvalue weighted by Gasteiger charge is 2.25. The Morgan fingerprint density at radius 2 is 0.821 bits per heavy atom. The number of benzene rings is 2. The summed E-state index contributed by atoms with van der Waals surface area (Å²) in [5.41, 5.74) is 3.26. The third-order valence-corrected chi connectivity index (χ3v) is 5.48. The summed E-state index contributed by atoms with van der Waals surface area (Å²) in [7, 11) is 0. The Morgan fingerprint density at radius 1 is 0.571 bits per heavy atom. The minimum atomic E-state index is -0.331. The molecule has 0 radical (unpaired) electrons. The monoisotopic (exact) mass is 390 g/mol. The Kier molecular flexibility index (Phi) is 7.83. The first-order valence-corrected chi connectivity index (χ1v) is 9.58. The topological polar surface area (TPSA) is 121 Å². The zero-order valence-corrected chi connectivity index (χ0v) is 16.4. The zero-order chi connectivity index (χ0) is 20.8. The average molecular weight is 390 g/mol. The molecule has 0 saturated carbocycles. The van der Waals surface area contributed by atoms with Crippen LogP contribution in [0.1, 0.15) is 71.9 Å². The van der Waals surface area contributed by atoms with Crippen LogP contribution in [0.5, 0.6) is 11.5 Å². The predicted molar refractivity (Wildman–Crippen MR) is 106 cm³/mol. The Hall–Kier alpha value is -2.12. The third kappa shape index (κ3) is 4.31. The van der Waals surface area contributed by atoms with Gasteiger partial charge in [0.15, 0.2) is 0 Å². The van der Waals surface area contributed by atoms with Crippen LogP contribution >= 0.6 is 0 Å². The second-order valence-electron chi connectivity index (χ2n) is 7.04. The minimum Gasteiger partial charge on any atom is -0.507 e. The lowest BCUT2D eigenvalue weighted by molar-refractivity contribution is 0.262. The minimum absolute atomic E-state index is 0.0174. The van der Waals surface area contributed by atoms with Gasteiger partial charge in [-0.25, -0.2) is 0 Å². The Bertz CT molecular complexity index is 684. The van der Waals surface area contributed by atoms with Crippen molar-refractivity contribution in [2.45, 2.75) is 65.0 Å². The number of hydrogen-bond donors (Lipinski definition) is 6. The second kappa shape index (κ2) is 9.89. The van der Waals surface area contributed by atoms with Gasteiger partial charge in [-0.2, -0.15) is 0 Å². The van der Waals surface area contributed by atoms with Crippen molar-refractivity contribution in [2.75, 3.05) is 0 Å². The van der Waals surface area contributed by atoms with Gasteiger partial charge in [0.05, 0.1) is 26.4 Å². The number of aliphatic hydroxyl groups excluding tert-OH is 4. The molecule has 0 aliphatic heterocycles. The van der Waals surface area contributed by atoms with Crippen LogP contribution < -0.4 is 0 Å². The van der Waals surface area contributed by atoms with Gasteiger partial charge in [-0.05, 0) is 60.1 Å². The first-order chi connectivity index (χ1) is 13.4. The van der Waals surface area contributed by atoms with Crippen molar-refractivity contribution in [2.24, 2.45) is 0 Å². The van der Waals surface area contributed by atoms with E-state index in [-0.39, 0.29) is 49.8 Å². The smallest absolute Gasteiger partial charge is 0.126 e. The lowest BCUT2D eigenvalue weighted by Gasteiger charge is -2.28. The molecule has 0 spiro atoms. The van der Waals surface area contributed by atoms with Crippen molar-refractivity contribution in [3.63, 3.8) is 0 Å². The molecule has 2 atom stereocenters. The fraction of sp³-hybridized carbons (Fsp3) is 0.455. The molecule has 6 N–H and O–H groups in total. The molecule has 0 aliphatic rings. The maximum absolute atomic E-state index is 10.1. The van der Waals surface area contributed by atoms with Crippen LogP contribution in [0.2, 0.25) is 0 Å². The SMILES string of the molecule is CCC(c1cc(CO)c(O)c(CO)c1)C(CC)c1cc(CO)c(O)c(CO)c1. The second-order valence-corrected chi connectivity index (χ2v) is 7.04. The van der Waals surface area contributed by atoms with E-state index in [0.29, 0.717) is 22.3 Å². The van der Waals surface area contributed by atoms with Crippen molar-refractivity contribution in [3.05, 3.63) is 57.6 Å². The normalized spacial score (nSPS) is 13.5. The van der Waals surface area contributed by atoms with Crippen LogP contribution in [-0.2, 0) is 26.4 Å². The van der Waals surface area contributed by atoms with Gasteiger partial charge in [-0.15, -0.1) is 0 Å².